The molecular formula is C14H20N4. The van der Waals surface area contributed by atoms with Crippen molar-refractivity contribution in [2.45, 2.75) is 39.8 Å². The predicted octanol–water partition coefficient (Wildman–Crippen LogP) is 2.47. The van der Waals surface area contributed by atoms with Crippen LogP contribution in [0, 0.1) is 6.92 Å². The Morgan fingerprint density at radius 2 is 1.72 bits per heavy atom. The summed E-state index contributed by atoms with van der Waals surface area (Å²) in [4.78, 5) is 0. The minimum absolute atomic E-state index is 0.0849. The summed E-state index contributed by atoms with van der Waals surface area (Å²) in [5.41, 5.74) is 7.96. The summed E-state index contributed by atoms with van der Waals surface area (Å²) in [5, 5.41) is 8.47. The van der Waals surface area contributed by atoms with Crippen LogP contribution in [0.3, 0.4) is 0 Å². The molecule has 0 aliphatic rings. The molecule has 0 fully saturated rings. The Labute approximate surface area is 108 Å². The molecule has 0 bridgehead atoms. The molecule has 96 valence electrons. The highest BCUT2D eigenvalue weighted by Gasteiger charge is 2.22. The van der Waals surface area contributed by atoms with Gasteiger partial charge in [0.05, 0.1) is 6.54 Å². The van der Waals surface area contributed by atoms with Gasteiger partial charge in [-0.1, -0.05) is 29.8 Å². The fraction of sp³-hybridized carbons (Fsp3) is 0.429. The maximum Gasteiger partial charge on any atom is 0.164 e. The molecule has 1 aromatic carbocycles. The first-order valence-corrected chi connectivity index (χ1v) is 6.15. The number of rotatable bonds is 2. The van der Waals surface area contributed by atoms with Crippen LogP contribution in [-0.2, 0) is 12.1 Å². The van der Waals surface area contributed by atoms with Crippen LogP contribution in [0.25, 0.3) is 11.4 Å². The molecule has 0 spiro atoms. The summed E-state index contributed by atoms with van der Waals surface area (Å²) in [6.07, 6.45) is 0. The second-order valence-electron chi connectivity index (χ2n) is 5.52. The monoisotopic (exact) mass is 244 g/mol. The molecule has 4 nitrogen and oxygen atoms in total. The zero-order valence-electron chi connectivity index (χ0n) is 11.4. The van der Waals surface area contributed by atoms with Gasteiger partial charge in [-0.2, -0.15) is 0 Å². The van der Waals surface area contributed by atoms with E-state index in [4.69, 9.17) is 5.73 Å². The van der Waals surface area contributed by atoms with Crippen molar-refractivity contribution >= 4 is 0 Å². The van der Waals surface area contributed by atoms with Gasteiger partial charge >= 0.3 is 0 Å². The van der Waals surface area contributed by atoms with Gasteiger partial charge in [0.2, 0.25) is 0 Å². The van der Waals surface area contributed by atoms with Gasteiger partial charge in [0.1, 0.15) is 5.82 Å². The van der Waals surface area contributed by atoms with E-state index in [1.165, 1.54) is 5.56 Å². The van der Waals surface area contributed by atoms with Gasteiger partial charge in [0, 0.05) is 11.1 Å². The van der Waals surface area contributed by atoms with E-state index in [2.05, 4.69) is 66.7 Å². The van der Waals surface area contributed by atoms with Crippen LogP contribution >= 0.6 is 0 Å². The summed E-state index contributed by atoms with van der Waals surface area (Å²) in [7, 11) is 0. The molecule has 2 rings (SSSR count). The zero-order valence-corrected chi connectivity index (χ0v) is 11.4. The summed E-state index contributed by atoms with van der Waals surface area (Å²) < 4.78 is 2.11. The third kappa shape index (κ3) is 2.29. The molecule has 0 aliphatic heterocycles. The van der Waals surface area contributed by atoms with Gasteiger partial charge in [-0.05, 0) is 27.7 Å². The van der Waals surface area contributed by atoms with Gasteiger partial charge in [-0.3, -0.25) is 0 Å². The molecule has 0 saturated heterocycles. The lowest BCUT2D eigenvalue weighted by atomic mass is 10.1. The molecule has 18 heavy (non-hydrogen) atoms. The number of benzene rings is 1. The fourth-order valence-corrected chi connectivity index (χ4v) is 2.04. The topological polar surface area (TPSA) is 56.7 Å². The van der Waals surface area contributed by atoms with Crippen molar-refractivity contribution in [2.75, 3.05) is 0 Å². The molecule has 1 aromatic heterocycles. The summed E-state index contributed by atoms with van der Waals surface area (Å²) >= 11 is 0. The lowest BCUT2D eigenvalue weighted by Gasteiger charge is -2.24. The molecule has 2 N–H and O–H groups in total. The maximum atomic E-state index is 5.74. The lowest BCUT2D eigenvalue weighted by Crippen LogP contribution is -2.26. The van der Waals surface area contributed by atoms with Gasteiger partial charge in [-0.25, -0.2) is 0 Å². The average Bonchev–Trinajstić information content (AvgIpc) is 2.73. The van der Waals surface area contributed by atoms with Gasteiger partial charge in [0.25, 0.3) is 0 Å². The Kier molecular flexibility index (Phi) is 3.22. The summed E-state index contributed by atoms with van der Waals surface area (Å²) in [6.45, 7) is 8.87. The predicted molar refractivity (Wildman–Crippen MR) is 73.1 cm³/mol. The molecule has 2 aromatic rings. The number of hydrogen-bond donors (Lipinski definition) is 1. The van der Waals surface area contributed by atoms with Gasteiger partial charge in [-0.15, -0.1) is 10.2 Å². The van der Waals surface area contributed by atoms with E-state index in [1.807, 2.05) is 0 Å². The van der Waals surface area contributed by atoms with Crippen LogP contribution in [-0.4, -0.2) is 14.8 Å². The number of aryl methyl sites for hydroxylation is 1. The molecular weight excluding hydrogens is 224 g/mol. The molecule has 0 saturated carbocycles. The Morgan fingerprint density at radius 3 is 2.22 bits per heavy atom. The van der Waals surface area contributed by atoms with Crippen molar-refractivity contribution in [1.82, 2.24) is 14.8 Å². The van der Waals surface area contributed by atoms with E-state index in [0.717, 1.165) is 17.2 Å². The SMILES string of the molecule is Cc1ccc(-c2nnc(CN)n2C(C)(C)C)cc1. The summed E-state index contributed by atoms with van der Waals surface area (Å²) in [5.74, 6) is 1.70. The lowest BCUT2D eigenvalue weighted by molar-refractivity contribution is 0.386. The van der Waals surface area contributed by atoms with Crippen LogP contribution in [0.5, 0.6) is 0 Å². The first-order valence-electron chi connectivity index (χ1n) is 6.15. The molecule has 0 amide bonds. The Hall–Kier alpha value is -1.68. The Morgan fingerprint density at radius 1 is 1.11 bits per heavy atom. The van der Waals surface area contributed by atoms with Crippen LogP contribution < -0.4 is 5.73 Å². The third-order valence-corrected chi connectivity index (χ3v) is 2.89. The molecule has 0 unspecified atom stereocenters. The second kappa shape index (κ2) is 4.53. The number of nitrogens with zero attached hydrogens (tertiary/aromatic N) is 3. The van der Waals surface area contributed by atoms with Crippen molar-refractivity contribution in [3.8, 4) is 11.4 Å². The number of aromatic nitrogens is 3. The standard InChI is InChI=1S/C14H20N4/c1-10-5-7-11(8-6-10)13-17-16-12(9-15)18(13)14(2,3)4/h5-8H,9,15H2,1-4H3. The van der Waals surface area contributed by atoms with E-state index >= 15 is 0 Å². The number of hydrogen-bond acceptors (Lipinski definition) is 3. The van der Waals surface area contributed by atoms with Crippen molar-refractivity contribution in [2.24, 2.45) is 5.73 Å². The smallest absolute Gasteiger partial charge is 0.164 e. The molecule has 1 heterocycles. The van der Waals surface area contributed by atoms with Crippen molar-refractivity contribution in [3.63, 3.8) is 0 Å². The van der Waals surface area contributed by atoms with Crippen molar-refractivity contribution in [3.05, 3.63) is 35.7 Å². The van der Waals surface area contributed by atoms with Gasteiger partial charge in [0.15, 0.2) is 5.82 Å². The molecule has 0 atom stereocenters. The van der Waals surface area contributed by atoms with Crippen LogP contribution in [0.4, 0.5) is 0 Å². The molecule has 0 radical (unpaired) electrons. The average molecular weight is 244 g/mol. The van der Waals surface area contributed by atoms with Crippen molar-refractivity contribution in [1.29, 1.82) is 0 Å². The van der Waals surface area contributed by atoms with E-state index < -0.39 is 0 Å². The van der Waals surface area contributed by atoms with E-state index in [0.29, 0.717) is 6.54 Å². The largest absolute Gasteiger partial charge is 0.324 e. The Bertz CT molecular complexity index is 532. The maximum absolute atomic E-state index is 5.74. The van der Waals surface area contributed by atoms with Crippen molar-refractivity contribution < 1.29 is 0 Å². The van der Waals surface area contributed by atoms with Crippen LogP contribution in [0.1, 0.15) is 32.2 Å². The first kappa shape index (κ1) is 12.8. The molecule has 4 heteroatoms. The fourth-order valence-electron chi connectivity index (χ4n) is 2.04. The minimum Gasteiger partial charge on any atom is -0.324 e. The third-order valence-electron chi connectivity index (χ3n) is 2.89. The van der Waals surface area contributed by atoms with Crippen LogP contribution in [0.15, 0.2) is 24.3 Å². The zero-order chi connectivity index (χ0) is 13.3. The highest BCUT2D eigenvalue weighted by Crippen LogP contribution is 2.26. The Balaban J connectivity index is 2.58. The second-order valence-corrected chi connectivity index (χ2v) is 5.52. The van der Waals surface area contributed by atoms with E-state index in [-0.39, 0.29) is 5.54 Å². The minimum atomic E-state index is -0.0849. The van der Waals surface area contributed by atoms with Crippen LogP contribution in [0.2, 0.25) is 0 Å². The summed E-state index contributed by atoms with van der Waals surface area (Å²) in [6, 6.07) is 8.31. The molecule has 0 aliphatic carbocycles. The normalized spacial score (nSPS) is 11.8. The van der Waals surface area contributed by atoms with Gasteiger partial charge < -0.3 is 10.3 Å². The highest BCUT2D eigenvalue weighted by molar-refractivity contribution is 5.56. The number of nitrogens with two attached hydrogens (primary N) is 1. The highest BCUT2D eigenvalue weighted by atomic mass is 15.3. The first-order chi connectivity index (χ1) is 8.43. The quantitative estimate of drug-likeness (QED) is 0.883. The van der Waals surface area contributed by atoms with E-state index in [9.17, 15) is 0 Å². The van der Waals surface area contributed by atoms with E-state index in [1.54, 1.807) is 0 Å².